The van der Waals surface area contributed by atoms with Gasteiger partial charge in [0.05, 0.1) is 5.60 Å². The van der Waals surface area contributed by atoms with Gasteiger partial charge in [0.25, 0.3) is 0 Å². The lowest BCUT2D eigenvalue weighted by molar-refractivity contribution is -0.0659. The van der Waals surface area contributed by atoms with Crippen molar-refractivity contribution in [2.45, 2.75) is 89.8 Å². The van der Waals surface area contributed by atoms with Gasteiger partial charge in [0.2, 0.25) is 0 Å². The first kappa shape index (κ1) is 17.6. The highest BCUT2D eigenvalue weighted by atomic mass is 16.5. The van der Waals surface area contributed by atoms with E-state index in [1.165, 1.54) is 12.8 Å². The van der Waals surface area contributed by atoms with Crippen LogP contribution in [0.5, 0.6) is 11.5 Å². The molecule has 2 unspecified atom stereocenters. The maximum atomic E-state index is 10.7. The van der Waals surface area contributed by atoms with E-state index < -0.39 is 5.60 Å². The number of hydrogen-bond donors (Lipinski definition) is 2. The quantitative estimate of drug-likeness (QED) is 0.769. The molecule has 1 aliphatic carbocycles. The summed E-state index contributed by atoms with van der Waals surface area (Å²) >= 11 is 0. The Hall–Kier alpha value is -1.22. The fourth-order valence-corrected chi connectivity index (χ4v) is 4.73. The van der Waals surface area contributed by atoms with E-state index in [9.17, 15) is 10.2 Å². The van der Waals surface area contributed by atoms with Gasteiger partial charge in [-0.25, -0.2) is 0 Å². The van der Waals surface area contributed by atoms with Crippen LogP contribution in [0.1, 0.15) is 83.3 Å². The average molecular weight is 332 g/mol. The minimum absolute atomic E-state index is 0.164. The fourth-order valence-electron chi connectivity index (χ4n) is 4.73. The van der Waals surface area contributed by atoms with Gasteiger partial charge in [0.15, 0.2) is 0 Å². The van der Waals surface area contributed by atoms with Crippen molar-refractivity contribution >= 4 is 0 Å². The van der Waals surface area contributed by atoms with Crippen LogP contribution in [0.3, 0.4) is 0 Å². The number of aliphatic hydroxyl groups is 1. The van der Waals surface area contributed by atoms with Gasteiger partial charge in [-0.1, -0.05) is 19.8 Å². The number of aromatic hydroxyl groups is 1. The first-order valence-corrected chi connectivity index (χ1v) is 9.51. The Bertz CT molecular complexity index is 603. The Kier molecular flexibility index (Phi) is 4.59. The van der Waals surface area contributed by atoms with E-state index in [0.29, 0.717) is 18.1 Å². The van der Waals surface area contributed by atoms with Gasteiger partial charge in [-0.2, -0.15) is 0 Å². The third-order valence-corrected chi connectivity index (χ3v) is 6.03. The summed E-state index contributed by atoms with van der Waals surface area (Å²) in [5, 5.41) is 21.3. The third-order valence-electron chi connectivity index (χ3n) is 6.03. The lowest BCUT2D eigenvalue weighted by Gasteiger charge is -2.50. The van der Waals surface area contributed by atoms with Crippen LogP contribution in [-0.4, -0.2) is 21.4 Å². The number of hydrogen-bond acceptors (Lipinski definition) is 3. The second kappa shape index (κ2) is 6.25. The van der Waals surface area contributed by atoms with Crippen LogP contribution in [0.25, 0.3) is 0 Å². The number of ether oxygens (including phenoxy) is 1. The Morgan fingerprint density at radius 3 is 2.67 bits per heavy atom. The molecular formula is C21H32O3. The van der Waals surface area contributed by atoms with Gasteiger partial charge < -0.3 is 14.9 Å². The maximum Gasteiger partial charge on any atom is 0.127 e. The molecule has 0 saturated heterocycles. The molecule has 134 valence electrons. The summed E-state index contributed by atoms with van der Waals surface area (Å²) in [6, 6.07) is 4.03. The number of unbranched alkanes of at least 4 members (excludes halogenated alkanes) is 2. The zero-order chi connectivity index (χ0) is 17.5. The van der Waals surface area contributed by atoms with Crippen molar-refractivity contribution in [3.8, 4) is 11.5 Å². The molecule has 0 amide bonds. The summed E-state index contributed by atoms with van der Waals surface area (Å²) in [5.41, 5.74) is 1.15. The first-order chi connectivity index (χ1) is 11.2. The van der Waals surface area contributed by atoms with Crippen molar-refractivity contribution in [3.63, 3.8) is 0 Å². The van der Waals surface area contributed by atoms with Gasteiger partial charge >= 0.3 is 0 Å². The van der Waals surface area contributed by atoms with Crippen LogP contribution in [0.4, 0.5) is 0 Å². The predicted molar refractivity (Wildman–Crippen MR) is 96.7 cm³/mol. The smallest absolute Gasteiger partial charge is 0.127 e. The predicted octanol–water partition coefficient (Wildman–Crippen LogP) is 4.93. The van der Waals surface area contributed by atoms with Crippen molar-refractivity contribution in [1.82, 2.24) is 0 Å². The molecule has 1 aliphatic heterocycles. The normalized spacial score (nSPS) is 31.0. The standard InChI is InChI=1S/C21H32O3/c1-5-6-7-8-14-11-17(22)19-15-13-21(4,23)10-9-16(15)20(2,3)24-18(19)12-14/h11-12,15-16,22-23H,5-10,13H2,1-4H3/t15?,16-,21?/m1/s1. The van der Waals surface area contributed by atoms with Gasteiger partial charge in [0.1, 0.15) is 17.1 Å². The molecule has 0 aromatic heterocycles. The van der Waals surface area contributed by atoms with Crippen molar-refractivity contribution in [3.05, 3.63) is 23.3 Å². The third kappa shape index (κ3) is 3.28. The van der Waals surface area contributed by atoms with Crippen LogP contribution in [0.15, 0.2) is 12.1 Å². The second-order valence-electron chi connectivity index (χ2n) is 8.64. The molecular weight excluding hydrogens is 300 g/mol. The fraction of sp³-hybridized carbons (Fsp3) is 0.714. The molecule has 2 aliphatic rings. The van der Waals surface area contributed by atoms with Gasteiger partial charge in [-0.05, 0) is 70.6 Å². The zero-order valence-corrected chi connectivity index (χ0v) is 15.6. The molecule has 1 fully saturated rings. The van der Waals surface area contributed by atoms with Crippen LogP contribution < -0.4 is 4.74 Å². The Morgan fingerprint density at radius 1 is 1.21 bits per heavy atom. The van der Waals surface area contributed by atoms with Crippen molar-refractivity contribution < 1.29 is 14.9 Å². The topological polar surface area (TPSA) is 49.7 Å². The largest absolute Gasteiger partial charge is 0.508 e. The molecule has 0 radical (unpaired) electrons. The number of phenols is 1. The van der Waals surface area contributed by atoms with Crippen molar-refractivity contribution in [1.29, 1.82) is 0 Å². The minimum Gasteiger partial charge on any atom is -0.508 e. The summed E-state index contributed by atoms with van der Waals surface area (Å²) in [4.78, 5) is 0. The molecule has 1 heterocycles. The zero-order valence-electron chi connectivity index (χ0n) is 15.6. The van der Waals surface area contributed by atoms with E-state index in [2.05, 4.69) is 26.8 Å². The molecule has 3 rings (SSSR count). The molecule has 1 aromatic rings. The highest BCUT2D eigenvalue weighted by molar-refractivity contribution is 5.52. The van der Waals surface area contributed by atoms with Crippen molar-refractivity contribution in [2.75, 3.05) is 0 Å². The summed E-state index contributed by atoms with van der Waals surface area (Å²) in [6.45, 7) is 8.41. The van der Waals surface area contributed by atoms with Gasteiger partial charge in [-0.15, -0.1) is 0 Å². The van der Waals surface area contributed by atoms with Crippen LogP contribution in [-0.2, 0) is 6.42 Å². The summed E-state index contributed by atoms with van der Waals surface area (Å²) in [6.07, 6.45) is 6.94. The van der Waals surface area contributed by atoms with Crippen LogP contribution in [0, 0.1) is 5.92 Å². The Balaban J connectivity index is 1.96. The SMILES string of the molecule is CCCCCc1cc(O)c2c(c1)OC(C)(C)[C@@H]1CCC(C)(O)CC21. The molecule has 3 nitrogen and oxygen atoms in total. The summed E-state index contributed by atoms with van der Waals surface area (Å²) < 4.78 is 6.34. The second-order valence-corrected chi connectivity index (χ2v) is 8.64. The number of rotatable bonds is 4. The summed E-state index contributed by atoms with van der Waals surface area (Å²) in [5.74, 6) is 1.67. The monoisotopic (exact) mass is 332 g/mol. The average Bonchev–Trinajstić information content (AvgIpc) is 2.44. The summed E-state index contributed by atoms with van der Waals surface area (Å²) in [7, 11) is 0. The molecule has 1 saturated carbocycles. The van der Waals surface area contributed by atoms with E-state index in [4.69, 9.17) is 4.74 Å². The lowest BCUT2D eigenvalue weighted by atomic mass is 9.63. The maximum absolute atomic E-state index is 10.7. The molecule has 3 heteroatoms. The lowest BCUT2D eigenvalue weighted by Crippen LogP contribution is -2.49. The molecule has 0 bridgehead atoms. The highest BCUT2D eigenvalue weighted by Crippen LogP contribution is 2.56. The molecule has 0 spiro atoms. The highest BCUT2D eigenvalue weighted by Gasteiger charge is 2.49. The van der Waals surface area contributed by atoms with E-state index >= 15 is 0 Å². The Morgan fingerprint density at radius 2 is 1.96 bits per heavy atom. The molecule has 1 aromatic carbocycles. The minimum atomic E-state index is -0.655. The van der Waals surface area contributed by atoms with Crippen LogP contribution in [0.2, 0.25) is 0 Å². The van der Waals surface area contributed by atoms with E-state index in [1.54, 1.807) is 0 Å². The van der Waals surface area contributed by atoms with E-state index in [-0.39, 0.29) is 11.5 Å². The molecule has 24 heavy (non-hydrogen) atoms. The van der Waals surface area contributed by atoms with Gasteiger partial charge in [0, 0.05) is 17.4 Å². The Labute approximate surface area is 146 Å². The van der Waals surface area contributed by atoms with E-state index in [1.807, 2.05) is 13.0 Å². The number of fused-ring (bicyclic) bond motifs is 3. The number of benzene rings is 1. The molecule has 2 N–H and O–H groups in total. The van der Waals surface area contributed by atoms with Crippen molar-refractivity contribution in [2.24, 2.45) is 5.92 Å². The van der Waals surface area contributed by atoms with E-state index in [0.717, 1.165) is 42.6 Å². The number of phenolic OH excluding ortho intramolecular Hbond substituents is 1. The first-order valence-electron chi connectivity index (χ1n) is 9.51. The number of aryl methyl sites for hydroxylation is 1. The van der Waals surface area contributed by atoms with Gasteiger partial charge in [-0.3, -0.25) is 0 Å². The van der Waals surface area contributed by atoms with Crippen LogP contribution >= 0.6 is 0 Å². The molecule has 3 atom stereocenters.